The summed E-state index contributed by atoms with van der Waals surface area (Å²) in [5, 5.41) is 15.1. The van der Waals surface area contributed by atoms with E-state index in [-0.39, 0.29) is 18.4 Å². The smallest absolute Gasteiger partial charge is 0.311 e. The third-order valence-corrected chi connectivity index (χ3v) is 4.46. The Morgan fingerprint density at radius 1 is 1.15 bits per heavy atom. The van der Waals surface area contributed by atoms with E-state index in [2.05, 4.69) is 5.10 Å². The van der Waals surface area contributed by atoms with E-state index in [1.54, 1.807) is 12.1 Å². The van der Waals surface area contributed by atoms with Gasteiger partial charge in [-0.1, -0.05) is 56.3 Å². The minimum Gasteiger partial charge on any atom is -0.481 e. The van der Waals surface area contributed by atoms with E-state index in [9.17, 15) is 14.7 Å². The molecule has 0 aliphatic carbocycles. The van der Waals surface area contributed by atoms with Crippen molar-refractivity contribution in [3.8, 4) is 0 Å². The van der Waals surface area contributed by atoms with Crippen molar-refractivity contribution in [2.75, 3.05) is 6.61 Å². The maximum Gasteiger partial charge on any atom is 0.311 e. The highest BCUT2D eigenvalue weighted by atomic mass is 16.5. The number of hydrogen-bond acceptors (Lipinski definition) is 4. The van der Waals surface area contributed by atoms with Crippen molar-refractivity contribution in [3.63, 3.8) is 0 Å². The first kappa shape index (κ1) is 18.6. The molecule has 0 spiro atoms. The second-order valence-electron chi connectivity index (χ2n) is 6.81. The number of carbonyl (C=O) groups is 2. The van der Waals surface area contributed by atoms with Crippen LogP contribution in [0.25, 0.3) is 0 Å². The summed E-state index contributed by atoms with van der Waals surface area (Å²) in [4.78, 5) is 23.6. The molecule has 2 aromatic rings. The zero-order chi connectivity index (χ0) is 19.4. The SMILES string of the molecule is CC(C)C(C(=O)O)c1ccc(CN2N=C(c3ccccc3)OCC2=O)cc1. The van der Waals surface area contributed by atoms with E-state index < -0.39 is 11.9 Å². The lowest BCUT2D eigenvalue weighted by atomic mass is 9.88. The van der Waals surface area contributed by atoms with Gasteiger partial charge in [0.1, 0.15) is 0 Å². The zero-order valence-corrected chi connectivity index (χ0v) is 15.3. The first-order valence-electron chi connectivity index (χ1n) is 8.84. The highest BCUT2D eigenvalue weighted by Crippen LogP contribution is 2.25. The van der Waals surface area contributed by atoms with E-state index in [1.807, 2.05) is 56.3 Å². The molecule has 27 heavy (non-hydrogen) atoms. The van der Waals surface area contributed by atoms with Gasteiger partial charge in [0.15, 0.2) is 6.61 Å². The van der Waals surface area contributed by atoms with Crippen molar-refractivity contribution < 1.29 is 19.4 Å². The maximum atomic E-state index is 12.1. The van der Waals surface area contributed by atoms with Crippen LogP contribution in [-0.4, -0.2) is 34.5 Å². The molecule has 0 fully saturated rings. The van der Waals surface area contributed by atoms with Gasteiger partial charge in [-0.15, -0.1) is 5.10 Å². The molecule has 1 amide bonds. The van der Waals surface area contributed by atoms with Crippen LogP contribution in [-0.2, 0) is 20.9 Å². The number of carboxylic acids is 1. The summed E-state index contributed by atoms with van der Waals surface area (Å²) in [6.45, 7) is 4.02. The number of amides is 1. The predicted octanol–water partition coefficient (Wildman–Crippen LogP) is 3.23. The van der Waals surface area contributed by atoms with Crippen LogP contribution in [0.4, 0.5) is 0 Å². The van der Waals surface area contributed by atoms with Gasteiger partial charge in [-0.05, 0) is 29.2 Å². The molecule has 0 radical (unpaired) electrons. The van der Waals surface area contributed by atoms with Crippen LogP contribution in [0, 0.1) is 5.92 Å². The molecule has 0 bridgehead atoms. The lowest BCUT2D eigenvalue weighted by Crippen LogP contribution is -2.36. The van der Waals surface area contributed by atoms with Crippen LogP contribution >= 0.6 is 0 Å². The standard InChI is InChI=1S/C21H22N2O4/c1-14(2)19(21(25)26)16-10-8-15(9-11-16)12-23-18(24)13-27-20(22-23)17-6-4-3-5-7-17/h3-11,14,19H,12-13H2,1-2H3,(H,25,26). The van der Waals surface area contributed by atoms with Gasteiger partial charge in [-0.3, -0.25) is 9.59 Å². The van der Waals surface area contributed by atoms with Crippen LogP contribution in [0.1, 0.15) is 36.5 Å². The first-order valence-corrected chi connectivity index (χ1v) is 8.84. The molecule has 0 saturated carbocycles. The van der Waals surface area contributed by atoms with Crippen molar-refractivity contribution in [1.29, 1.82) is 0 Å². The van der Waals surface area contributed by atoms with Crippen LogP contribution in [0.2, 0.25) is 0 Å². The number of benzene rings is 2. The topological polar surface area (TPSA) is 79.2 Å². The fourth-order valence-electron chi connectivity index (χ4n) is 3.06. The molecule has 2 aromatic carbocycles. The quantitative estimate of drug-likeness (QED) is 0.851. The van der Waals surface area contributed by atoms with Gasteiger partial charge in [0.25, 0.3) is 5.91 Å². The third kappa shape index (κ3) is 4.34. The molecule has 0 saturated heterocycles. The Bertz CT molecular complexity index is 844. The van der Waals surface area contributed by atoms with E-state index >= 15 is 0 Å². The average Bonchev–Trinajstić information content (AvgIpc) is 2.65. The molecule has 0 aromatic heterocycles. The molecule has 1 unspecified atom stereocenters. The summed E-state index contributed by atoms with van der Waals surface area (Å²) >= 11 is 0. The van der Waals surface area contributed by atoms with Gasteiger partial charge in [-0.2, -0.15) is 0 Å². The fraction of sp³-hybridized carbons (Fsp3) is 0.286. The van der Waals surface area contributed by atoms with Gasteiger partial charge in [0, 0.05) is 5.56 Å². The minimum atomic E-state index is -0.835. The Hall–Kier alpha value is -3.15. The van der Waals surface area contributed by atoms with Crippen LogP contribution in [0.3, 0.4) is 0 Å². The minimum absolute atomic E-state index is 0.00722. The predicted molar refractivity (Wildman–Crippen MR) is 101 cm³/mol. The van der Waals surface area contributed by atoms with E-state index in [0.717, 1.165) is 16.7 Å². The van der Waals surface area contributed by atoms with Crippen molar-refractivity contribution >= 4 is 17.8 Å². The van der Waals surface area contributed by atoms with Gasteiger partial charge >= 0.3 is 5.97 Å². The summed E-state index contributed by atoms with van der Waals surface area (Å²) < 4.78 is 5.44. The number of rotatable bonds is 6. The number of hydrogen-bond donors (Lipinski definition) is 1. The monoisotopic (exact) mass is 366 g/mol. The van der Waals surface area contributed by atoms with Crippen molar-refractivity contribution in [2.24, 2.45) is 11.0 Å². The molecule has 140 valence electrons. The lowest BCUT2D eigenvalue weighted by molar-refractivity contribution is -0.140. The molecular weight excluding hydrogens is 344 g/mol. The van der Waals surface area contributed by atoms with Crippen molar-refractivity contribution in [1.82, 2.24) is 5.01 Å². The molecule has 6 nitrogen and oxygen atoms in total. The largest absolute Gasteiger partial charge is 0.481 e. The van der Waals surface area contributed by atoms with Crippen LogP contribution in [0.5, 0.6) is 0 Å². The van der Waals surface area contributed by atoms with Gasteiger partial charge < -0.3 is 9.84 Å². The lowest BCUT2D eigenvalue weighted by Gasteiger charge is -2.24. The summed E-state index contributed by atoms with van der Waals surface area (Å²) in [6, 6.07) is 16.7. The van der Waals surface area contributed by atoms with Crippen LogP contribution in [0.15, 0.2) is 59.7 Å². The van der Waals surface area contributed by atoms with Gasteiger partial charge in [0.05, 0.1) is 12.5 Å². The normalized spacial score (nSPS) is 15.3. The average molecular weight is 366 g/mol. The van der Waals surface area contributed by atoms with E-state index in [1.165, 1.54) is 5.01 Å². The van der Waals surface area contributed by atoms with Crippen LogP contribution < -0.4 is 0 Å². The Kier molecular flexibility index (Phi) is 5.54. The summed E-state index contributed by atoms with van der Waals surface area (Å²) in [7, 11) is 0. The molecule has 6 heteroatoms. The van der Waals surface area contributed by atoms with Crippen molar-refractivity contribution in [2.45, 2.75) is 26.3 Å². The second kappa shape index (κ2) is 8.03. The highest BCUT2D eigenvalue weighted by molar-refractivity contribution is 5.97. The number of carboxylic acid groups (broad SMARTS) is 1. The third-order valence-electron chi connectivity index (χ3n) is 4.46. The molecule has 1 aliphatic rings. The second-order valence-corrected chi connectivity index (χ2v) is 6.81. The van der Waals surface area contributed by atoms with E-state index in [0.29, 0.717) is 12.4 Å². The molecule has 1 N–H and O–H groups in total. The van der Waals surface area contributed by atoms with Gasteiger partial charge in [-0.25, -0.2) is 5.01 Å². The number of ether oxygens (including phenoxy) is 1. The maximum absolute atomic E-state index is 12.1. The Morgan fingerprint density at radius 3 is 2.41 bits per heavy atom. The molecule has 1 atom stereocenters. The Labute approximate surface area is 158 Å². The summed E-state index contributed by atoms with van der Waals surface area (Å²) in [5.41, 5.74) is 2.44. The Morgan fingerprint density at radius 2 is 1.81 bits per heavy atom. The first-order chi connectivity index (χ1) is 13.0. The zero-order valence-electron chi connectivity index (χ0n) is 15.3. The number of aliphatic carboxylic acids is 1. The highest BCUT2D eigenvalue weighted by Gasteiger charge is 2.25. The summed E-state index contributed by atoms with van der Waals surface area (Å²) in [5.74, 6) is -1.20. The molecule has 1 heterocycles. The molecular formula is C21H22N2O4. The van der Waals surface area contributed by atoms with E-state index in [4.69, 9.17) is 4.74 Å². The Balaban J connectivity index is 1.77. The van der Waals surface area contributed by atoms with Gasteiger partial charge in [0.2, 0.25) is 5.90 Å². The number of hydrazone groups is 1. The summed E-state index contributed by atoms with van der Waals surface area (Å²) in [6.07, 6.45) is 0. The number of carbonyl (C=O) groups excluding carboxylic acids is 1. The number of nitrogens with zero attached hydrogens (tertiary/aromatic N) is 2. The molecule has 3 rings (SSSR count). The fourth-order valence-corrected chi connectivity index (χ4v) is 3.06. The van der Waals surface area contributed by atoms with Crippen molar-refractivity contribution in [3.05, 3.63) is 71.3 Å². The molecule has 1 aliphatic heterocycles.